The Labute approximate surface area is 231 Å². The molecule has 1 aliphatic heterocycles. The summed E-state index contributed by atoms with van der Waals surface area (Å²) < 4.78 is 5.73. The largest absolute Gasteiger partial charge is 0.486 e. The van der Waals surface area contributed by atoms with Crippen molar-refractivity contribution in [3.05, 3.63) is 121 Å². The molecule has 190 valence electrons. The molecular weight excluding hydrogens is 547 g/mol. The molecule has 0 bridgehead atoms. The zero-order chi connectivity index (χ0) is 26.8. The third-order valence-corrected chi connectivity index (χ3v) is 7.37. The van der Waals surface area contributed by atoms with Gasteiger partial charge in [0, 0.05) is 12.1 Å². The Morgan fingerprint density at radius 2 is 1.66 bits per heavy atom. The molecule has 5 rings (SSSR count). The van der Waals surface area contributed by atoms with Crippen molar-refractivity contribution in [3.63, 3.8) is 0 Å². The molecule has 0 N–H and O–H groups in total. The molecule has 1 saturated heterocycles. The van der Waals surface area contributed by atoms with Crippen molar-refractivity contribution >= 4 is 68.6 Å². The number of nitrogens with zero attached hydrogens (tertiary/aromatic N) is 2. The minimum atomic E-state index is -0.484. The van der Waals surface area contributed by atoms with E-state index in [1.165, 1.54) is 17.0 Å². The minimum absolute atomic E-state index is 0.0214. The standard InChI is InChI=1S/C28H18Cl2N2O5S/c29-23-12-18(13-24(30)26(23)37-16-17-5-3-9-21(11-17)32(35)36)14-25-27(33)31(28(34)38-25)15-20-8-4-7-19-6-1-2-10-22(19)20/h1-14H,15-16H2/b25-14+. The molecular formula is C28H18Cl2N2O5S. The zero-order valence-corrected chi connectivity index (χ0v) is 21.9. The number of halogens is 2. The third kappa shape index (κ3) is 5.38. The van der Waals surface area contributed by atoms with E-state index in [-0.39, 0.29) is 44.8 Å². The molecule has 0 radical (unpaired) electrons. The number of hydrogen-bond donors (Lipinski definition) is 0. The number of non-ortho nitro benzene ring substituents is 1. The molecule has 7 nitrogen and oxygen atoms in total. The van der Waals surface area contributed by atoms with E-state index in [2.05, 4.69) is 0 Å². The van der Waals surface area contributed by atoms with Crippen molar-refractivity contribution < 1.29 is 19.2 Å². The highest BCUT2D eigenvalue weighted by Gasteiger charge is 2.35. The van der Waals surface area contributed by atoms with Crippen LogP contribution in [0.15, 0.2) is 83.8 Å². The smallest absolute Gasteiger partial charge is 0.293 e. The Hall–Kier alpha value is -3.85. The summed E-state index contributed by atoms with van der Waals surface area (Å²) >= 11 is 13.7. The monoisotopic (exact) mass is 564 g/mol. The average molecular weight is 565 g/mol. The van der Waals surface area contributed by atoms with Gasteiger partial charge in [-0.25, -0.2) is 0 Å². The van der Waals surface area contributed by atoms with Crippen molar-refractivity contribution in [2.75, 3.05) is 0 Å². The number of nitro groups is 1. The van der Waals surface area contributed by atoms with Crippen molar-refractivity contribution in [1.82, 2.24) is 4.90 Å². The Morgan fingerprint density at radius 1 is 0.947 bits per heavy atom. The SMILES string of the molecule is O=C1S/C(=C/c2cc(Cl)c(OCc3cccc([N+](=O)[O-])c3)c(Cl)c2)C(=O)N1Cc1cccc2ccccc12. The number of fused-ring (bicyclic) bond motifs is 1. The highest BCUT2D eigenvalue weighted by Crippen LogP contribution is 2.38. The van der Waals surface area contributed by atoms with Gasteiger partial charge in [-0.05, 0) is 57.4 Å². The van der Waals surface area contributed by atoms with Crippen LogP contribution in [0.4, 0.5) is 10.5 Å². The van der Waals surface area contributed by atoms with E-state index in [1.54, 1.807) is 30.3 Å². The maximum Gasteiger partial charge on any atom is 0.293 e. The lowest BCUT2D eigenvalue weighted by Gasteiger charge is -2.14. The predicted molar refractivity (Wildman–Crippen MR) is 149 cm³/mol. The van der Waals surface area contributed by atoms with E-state index in [0.29, 0.717) is 11.1 Å². The summed E-state index contributed by atoms with van der Waals surface area (Å²) in [5, 5.41) is 13.0. The van der Waals surface area contributed by atoms with Gasteiger partial charge in [-0.2, -0.15) is 0 Å². The highest BCUT2D eigenvalue weighted by atomic mass is 35.5. The lowest BCUT2D eigenvalue weighted by molar-refractivity contribution is -0.384. The van der Waals surface area contributed by atoms with Crippen LogP contribution in [0, 0.1) is 10.1 Å². The van der Waals surface area contributed by atoms with Crippen LogP contribution < -0.4 is 4.74 Å². The van der Waals surface area contributed by atoms with Gasteiger partial charge in [0.2, 0.25) is 0 Å². The van der Waals surface area contributed by atoms with E-state index in [4.69, 9.17) is 27.9 Å². The first-order chi connectivity index (χ1) is 18.3. The van der Waals surface area contributed by atoms with Gasteiger partial charge in [-0.15, -0.1) is 0 Å². The molecule has 0 atom stereocenters. The van der Waals surface area contributed by atoms with Crippen molar-refractivity contribution in [1.29, 1.82) is 0 Å². The van der Waals surface area contributed by atoms with Gasteiger partial charge in [-0.3, -0.25) is 24.6 Å². The Balaban J connectivity index is 1.33. The van der Waals surface area contributed by atoms with Gasteiger partial charge in [0.05, 0.1) is 26.4 Å². The van der Waals surface area contributed by atoms with Gasteiger partial charge < -0.3 is 4.74 Å². The number of ether oxygens (including phenoxy) is 1. The van der Waals surface area contributed by atoms with Crippen LogP contribution in [0.5, 0.6) is 5.75 Å². The highest BCUT2D eigenvalue weighted by molar-refractivity contribution is 8.18. The van der Waals surface area contributed by atoms with Gasteiger partial charge in [0.15, 0.2) is 5.75 Å². The third-order valence-electron chi connectivity index (χ3n) is 5.90. The Bertz CT molecular complexity index is 1610. The molecule has 0 spiro atoms. The Morgan fingerprint density at radius 3 is 2.42 bits per heavy atom. The van der Waals surface area contributed by atoms with E-state index < -0.39 is 10.8 Å². The number of nitro benzene ring substituents is 1. The number of benzene rings is 4. The lowest BCUT2D eigenvalue weighted by atomic mass is 10.0. The van der Waals surface area contributed by atoms with Crippen molar-refractivity contribution in [3.8, 4) is 5.75 Å². The van der Waals surface area contributed by atoms with Crippen LogP contribution in [0.3, 0.4) is 0 Å². The summed E-state index contributed by atoms with van der Waals surface area (Å²) in [6, 6.07) is 22.8. The molecule has 1 heterocycles. The molecule has 0 aromatic heterocycles. The molecule has 1 aliphatic rings. The minimum Gasteiger partial charge on any atom is -0.486 e. The predicted octanol–water partition coefficient (Wildman–Crippen LogP) is 7.87. The van der Waals surface area contributed by atoms with E-state index in [1.807, 2.05) is 42.5 Å². The summed E-state index contributed by atoms with van der Waals surface area (Å²) in [5.74, 6) is -0.188. The second kappa shape index (κ2) is 10.9. The fourth-order valence-electron chi connectivity index (χ4n) is 4.10. The quantitative estimate of drug-likeness (QED) is 0.129. The molecule has 0 unspecified atom stereocenters. The second-order valence-electron chi connectivity index (χ2n) is 8.44. The van der Waals surface area contributed by atoms with Crippen molar-refractivity contribution in [2.24, 2.45) is 0 Å². The van der Waals surface area contributed by atoms with Crippen LogP contribution >= 0.6 is 35.0 Å². The first-order valence-electron chi connectivity index (χ1n) is 11.4. The summed E-state index contributed by atoms with van der Waals surface area (Å²) in [6.07, 6.45) is 1.57. The topological polar surface area (TPSA) is 89.7 Å². The van der Waals surface area contributed by atoms with Gasteiger partial charge in [0.1, 0.15) is 6.61 Å². The molecule has 4 aromatic rings. The number of thioether (sulfide) groups is 1. The van der Waals surface area contributed by atoms with E-state index in [0.717, 1.165) is 28.1 Å². The van der Waals surface area contributed by atoms with Crippen molar-refractivity contribution in [2.45, 2.75) is 13.2 Å². The number of carbonyl (C=O) groups excluding carboxylic acids is 2. The second-order valence-corrected chi connectivity index (χ2v) is 10.2. The van der Waals surface area contributed by atoms with Crippen LogP contribution in [0.1, 0.15) is 16.7 Å². The molecule has 2 amide bonds. The van der Waals surface area contributed by atoms with E-state index >= 15 is 0 Å². The maximum absolute atomic E-state index is 13.1. The number of hydrogen-bond acceptors (Lipinski definition) is 6. The number of imide groups is 1. The van der Waals surface area contributed by atoms with Crippen LogP contribution in [0.2, 0.25) is 10.0 Å². The molecule has 0 saturated carbocycles. The molecule has 38 heavy (non-hydrogen) atoms. The lowest BCUT2D eigenvalue weighted by Crippen LogP contribution is -2.27. The fraction of sp³-hybridized carbons (Fsp3) is 0.0714. The first-order valence-corrected chi connectivity index (χ1v) is 12.9. The van der Waals surface area contributed by atoms with Crippen LogP contribution in [-0.2, 0) is 17.9 Å². The fourth-order valence-corrected chi connectivity index (χ4v) is 5.56. The normalized spacial score (nSPS) is 14.5. The molecule has 4 aromatic carbocycles. The number of amides is 2. The summed E-state index contributed by atoms with van der Waals surface area (Å²) in [6.45, 7) is 0.183. The number of carbonyl (C=O) groups is 2. The van der Waals surface area contributed by atoms with Gasteiger partial charge >= 0.3 is 0 Å². The average Bonchev–Trinajstić information content (AvgIpc) is 3.15. The van der Waals surface area contributed by atoms with Gasteiger partial charge in [-0.1, -0.05) is 77.8 Å². The summed E-state index contributed by atoms with van der Waals surface area (Å²) in [4.78, 5) is 37.8. The van der Waals surface area contributed by atoms with E-state index in [9.17, 15) is 19.7 Å². The first kappa shape index (κ1) is 25.8. The van der Waals surface area contributed by atoms with Crippen LogP contribution in [0.25, 0.3) is 16.8 Å². The summed E-state index contributed by atoms with van der Waals surface area (Å²) in [7, 11) is 0. The summed E-state index contributed by atoms with van der Waals surface area (Å²) in [5.41, 5.74) is 1.93. The zero-order valence-electron chi connectivity index (χ0n) is 19.6. The molecule has 0 aliphatic carbocycles. The molecule has 10 heteroatoms. The molecule has 1 fully saturated rings. The number of rotatable bonds is 7. The van der Waals surface area contributed by atoms with Crippen LogP contribution in [-0.4, -0.2) is 21.0 Å². The Kier molecular flexibility index (Phi) is 7.37. The maximum atomic E-state index is 13.1. The van der Waals surface area contributed by atoms with Gasteiger partial charge in [0.25, 0.3) is 16.8 Å².